The second-order valence-electron chi connectivity index (χ2n) is 5.66. The van der Waals surface area contributed by atoms with E-state index in [0.717, 1.165) is 37.7 Å². The maximum Gasteiger partial charge on any atom is 0.118 e. The Kier molecular flexibility index (Phi) is 5.23. The number of likely N-dealkylation sites (tertiary alicyclic amines) is 1. The minimum Gasteiger partial charge on any atom is -0.497 e. The number of methoxy groups -OCH3 is 1. The number of hydrogen-bond donors (Lipinski definition) is 1. The molecular formula is C16H26N2O. The minimum absolute atomic E-state index is 0.671. The number of hydrogen-bond acceptors (Lipinski definition) is 3. The summed E-state index contributed by atoms with van der Waals surface area (Å²) >= 11 is 0. The van der Waals surface area contributed by atoms with Gasteiger partial charge in [0.2, 0.25) is 0 Å². The van der Waals surface area contributed by atoms with E-state index in [9.17, 15) is 0 Å². The molecule has 1 saturated heterocycles. The van der Waals surface area contributed by atoms with Crippen molar-refractivity contribution in [1.82, 2.24) is 4.90 Å². The molecule has 0 saturated carbocycles. The molecular weight excluding hydrogens is 236 g/mol. The van der Waals surface area contributed by atoms with Gasteiger partial charge < -0.3 is 15.4 Å². The molecule has 2 atom stereocenters. The smallest absolute Gasteiger partial charge is 0.118 e. The lowest BCUT2D eigenvalue weighted by molar-refractivity contribution is 0.133. The summed E-state index contributed by atoms with van der Waals surface area (Å²) in [5.74, 6) is 2.38. The lowest BCUT2D eigenvalue weighted by Gasteiger charge is -2.36. The second kappa shape index (κ2) is 6.92. The molecule has 2 N–H and O–H groups in total. The van der Waals surface area contributed by atoms with Crippen LogP contribution >= 0.6 is 0 Å². The first-order valence-corrected chi connectivity index (χ1v) is 7.28. The molecule has 1 aromatic rings. The van der Waals surface area contributed by atoms with Gasteiger partial charge in [0.05, 0.1) is 7.11 Å². The first-order valence-electron chi connectivity index (χ1n) is 7.28. The van der Waals surface area contributed by atoms with E-state index in [1.807, 2.05) is 12.1 Å². The van der Waals surface area contributed by atoms with Crippen LogP contribution in [0.4, 0.5) is 0 Å². The third-order valence-corrected chi connectivity index (χ3v) is 4.38. The van der Waals surface area contributed by atoms with E-state index in [1.165, 1.54) is 18.5 Å². The topological polar surface area (TPSA) is 38.5 Å². The fourth-order valence-electron chi connectivity index (χ4n) is 2.81. The monoisotopic (exact) mass is 262 g/mol. The van der Waals surface area contributed by atoms with Crippen LogP contribution in [0.1, 0.15) is 18.9 Å². The van der Waals surface area contributed by atoms with Gasteiger partial charge in [0.1, 0.15) is 5.75 Å². The third-order valence-electron chi connectivity index (χ3n) is 4.38. The second-order valence-corrected chi connectivity index (χ2v) is 5.66. The maximum absolute atomic E-state index is 5.85. The number of piperidine rings is 1. The van der Waals surface area contributed by atoms with E-state index in [0.29, 0.717) is 5.92 Å². The van der Waals surface area contributed by atoms with Crippen LogP contribution in [0.2, 0.25) is 0 Å². The summed E-state index contributed by atoms with van der Waals surface area (Å²) < 4.78 is 5.18. The third kappa shape index (κ3) is 3.95. The average Bonchev–Trinajstić information content (AvgIpc) is 2.47. The molecule has 0 amide bonds. The molecule has 0 aliphatic carbocycles. The van der Waals surface area contributed by atoms with Gasteiger partial charge in [-0.1, -0.05) is 19.1 Å². The van der Waals surface area contributed by atoms with Gasteiger partial charge in [-0.25, -0.2) is 0 Å². The Morgan fingerprint density at radius 3 is 2.68 bits per heavy atom. The standard InChI is InChI=1S/C16H26N2O/c1-13-7-9-18(12-15(13)11-17)10-8-14-3-5-16(19-2)6-4-14/h3-6,13,15H,7-12,17H2,1-2H3. The molecule has 0 bridgehead atoms. The molecule has 1 aromatic carbocycles. The van der Waals surface area contributed by atoms with Crippen LogP contribution in [-0.4, -0.2) is 38.2 Å². The van der Waals surface area contributed by atoms with Crippen LogP contribution in [0, 0.1) is 11.8 Å². The van der Waals surface area contributed by atoms with Gasteiger partial charge >= 0.3 is 0 Å². The summed E-state index contributed by atoms with van der Waals surface area (Å²) in [7, 11) is 1.71. The maximum atomic E-state index is 5.85. The van der Waals surface area contributed by atoms with Crippen molar-refractivity contribution in [3.05, 3.63) is 29.8 Å². The summed E-state index contributed by atoms with van der Waals surface area (Å²) in [6.07, 6.45) is 2.39. The Bertz CT molecular complexity index is 377. The molecule has 1 fully saturated rings. The molecule has 19 heavy (non-hydrogen) atoms. The van der Waals surface area contributed by atoms with Crippen LogP contribution in [-0.2, 0) is 6.42 Å². The van der Waals surface area contributed by atoms with Gasteiger partial charge in [-0.3, -0.25) is 0 Å². The van der Waals surface area contributed by atoms with Gasteiger partial charge in [-0.2, -0.15) is 0 Å². The highest BCUT2D eigenvalue weighted by molar-refractivity contribution is 5.27. The van der Waals surface area contributed by atoms with Crippen molar-refractivity contribution in [1.29, 1.82) is 0 Å². The predicted molar refractivity (Wildman–Crippen MR) is 79.5 cm³/mol. The lowest BCUT2D eigenvalue weighted by atomic mass is 9.87. The predicted octanol–water partition coefficient (Wildman–Crippen LogP) is 2.15. The fraction of sp³-hybridized carbons (Fsp3) is 0.625. The van der Waals surface area contributed by atoms with E-state index in [4.69, 9.17) is 10.5 Å². The molecule has 2 rings (SSSR count). The molecule has 1 heterocycles. The van der Waals surface area contributed by atoms with Crippen molar-refractivity contribution in [3.8, 4) is 5.75 Å². The van der Waals surface area contributed by atoms with Crippen LogP contribution in [0.25, 0.3) is 0 Å². The Morgan fingerprint density at radius 1 is 1.32 bits per heavy atom. The zero-order chi connectivity index (χ0) is 13.7. The van der Waals surface area contributed by atoms with Gasteiger partial charge in [0.25, 0.3) is 0 Å². The van der Waals surface area contributed by atoms with E-state index in [1.54, 1.807) is 7.11 Å². The summed E-state index contributed by atoms with van der Waals surface area (Å²) in [6, 6.07) is 8.39. The van der Waals surface area contributed by atoms with E-state index in [2.05, 4.69) is 24.0 Å². The highest BCUT2D eigenvalue weighted by Crippen LogP contribution is 2.22. The van der Waals surface area contributed by atoms with Crippen molar-refractivity contribution >= 4 is 0 Å². The zero-order valence-electron chi connectivity index (χ0n) is 12.1. The highest BCUT2D eigenvalue weighted by Gasteiger charge is 2.24. The molecule has 0 radical (unpaired) electrons. The van der Waals surface area contributed by atoms with Crippen molar-refractivity contribution in [2.24, 2.45) is 17.6 Å². The van der Waals surface area contributed by atoms with Gasteiger partial charge in [0.15, 0.2) is 0 Å². The van der Waals surface area contributed by atoms with Gasteiger partial charge in [-0.05, 0) is 55.5 Å². The van der Waals surface area contributed by atoms with Crippen LogP contribution in [0.15, 0.2) is 24.3 Å². The molecule has 3 heteroatoms. The molecule has 106 valence electrons. The van der Waals surface area contributed by atoms with Crippen LogP contribution in [0.3, 0.4) is 0 Å². The van der Waals surface area contributed by atoms with Gasteiger partial charge in [-0.15, -0.1) is 0 Å². The fourth-order valence-corrected chi connectivity index (χ4v) is 2.81. The van der Waals surface area contributed by atoms with E-state index in [-0.39, 0.29) is 0 Å². The number of ether oxygens (including phenoxy) is 1. The summed E-state index contributed by atoms with van der Waals surface area (Å²) in [4.78, 5) is 2.56. The Morgan fingerprint density at radius 2 is 2.05 bits per heavy atom. The first-order chi connectivity index (χ1) is 9.22. The molecule has 2 unspecified atom stereocenters. The summed E-state index contributed by atoms with van der Waals surface area (Å²) in [5, 5.41) is 0. The summed E-state index contributed by atoms with van der Waals surface area (Å²) in [6.45, 7) is 6.66. The van der Waals surface area contributed by atoms with Crippen molar-refractivity contribution < 1.29 is 4.74 Å². The normalized spacial score (nSPS) is 24.4. The molecule has 1 aliphatic rings. The lowest BCUT2D eigenvalue weighted by Crippen LogP contribution is -2.43. The number of rotatable bonds is 5. The average molecular weight is 262 g/mol. The van der Waals surface area contributed by atoms with Crippen molar-refractivity contribution in [2.45, 2.75) is 19.8 Å². The number of benzene rings is 1. The SMILES string of the molecule is COc1ccc(CCN2CCC(C)C(CN)C2)cc1. The molecule has 1 aliphatic heterocycles. The molecule has 0 spiro atoms. The van der Waals surface area contributed by atoms with Crippen molar-refractivity contribution in [3.63, 3.8) is 0 Å². The Hall–Kier alpha value is -1.06. The minimum atomic E-state index is 0.671. The quantitative estimate of drug-likeness (QED) is 0.883. The van der Waals surface area contributed by atoms with Crippen LogP contribution in [0.5, 0.6) is 5.75 Å². The molecule has 0 aromatic heterocycles. The highest BCUT2D eigenvalue weighted by atomic mass is 16.5. The number of nitrogens with zero attached hydrogens (tertiary/aromatic N) is 1. The van der Waals surface area contributed by atoms with Crippen molar-refractivity contribution in [2.75, 3.05) is 33.3 Å². The van der Waals surface area contributed by atoms with E-state index < -0.39 is 0 Å². The van der Waals surface area contributed by atoms with Crippen LogP contribution < -0.4 is 10.5 Å². The van der Waals surface area contributed by atoms with E-state index >= 15 is 0 Å². The Labute approximate surface area is 116 Å². The molecule has 3 nitrogen and oxygen atoms in total. The largest absolute Gasteiger partial charge is 0.497 e. The summed E-state index contributed by atoms with van der Waals surface area (Å²) in [5.41, 5.74) is 7.23. The van der Waals surface area contributed by atoms with Gasteiger partial charge in [0, 0.05) is 13.1 Å². The first kappa shape index (κ1) is 14.4. The zero-order valence-corrected chi connectivity index (χ0v) is 12.1. The Balaban J connectivity index is 1.81. The number of nitrogens with two attached hydrogens (primary N) is 1.